The van der Waals surface area contributed by atoms with Gasteiger partial charge in [-0.05, 0) is 37.6 Å². The first-order chi connectivity index (χ1) is 8.27. The van der Waals surface area contributed by atoms with E-state index in [1.54, 1.807) is 5.57 Å². The van der Waals surface area contributed by atoms with Gasteiger partial charge in [0.2, 0.25) is 0 Å². The molecule has 0 heterocycles. The Balaban J connectivity index is 2.53. The summed E-state index contributed by atoms with van der Waals surface area (Å²) in [5.41, 5.74) is 1.70. The van der Waals surface area contributed by atoms with Crippen molar-refractivity contribution >= 4 is 0 Å². The van der Waals surface area contributed by atoms with Crippen LogP contribution >= 0.6 is 0 Å². The molecule has 17 heavy (non-hydrogen) atoms. The first-order valence-electron chi connectivity index (χ1n) is 7.69. The number of allylic oxidation sites excluding steroid dienone is 1. The monoisotopic (exact) mass is 237 g/mol. The molecule has 1 nitrogen and oxygen atoms in total. The molecule has 1 fully saturated rings. The van der Waals surface area contributed by atoms with E-state index in [1.807, 2.05) is 0 Å². The van der Waals surface area contributed by atoms with Gasteiger partial charge in [0, 0.05) is 6.54 Å². The molecule has 1 atom stereocenters. The Labute approximate surface area is 108 Å². The molecule has 1 aliphatic rings. The molecule has 1 heteroatoms. The number of hydrogen-bond acceptors (Lipinski definition) is 1. The average Bonchev–Trinajstić information content (AvgIpc) is 2.38. The summed E-state index contributed by atoms with van der Waals surface area (Å²) >= 11 is 0. The number of rotatable bonds is 7. The van der Waals surface area contributed by atoms with Crippen molar-refractivity contribution in [2.75, 3.05) is 13.1 Å². The van der Waals surface area contributed by atoms with Crippen LogP contribution in [-0.2, 0) is 0 Å². The Morgan fingerprint density at radius 2 is 1.94 bits per heavy atom. The molecule has 0 spiro atoms. The van der Waals surface area contributed by atoms with Crippen LogP contribution in [-0.4, -0.2) is 13.1 Å². The Bertz CT molecular complexity index is 214. The van der Waals surface area contributed by atoms with E-state index in [-0.39, 0.29) is 0 Å². The van der Waals surface area contributed by atoms with Gasteiger partial charge in [-0.1, -0.05) is 58.1 Å². The second-order valence-corrected chi connectivity index (χ2v) is 5.64. The zero-order valence-corrected chi connectivity index (χ0v) is 12.1. The highest BCUT2D eigenvalue weighted by atomic mass is 14.8. The van der Waals surface area contributed by atoms with Gasteiger partial charge in [-0.15, -0.1) is 0 Å². The number of nitrogens with one attached hydrogen (secondary N) is 1. The first kappa shape index (κ1) is 14.8. The smallest absolute Gasteiger partial charge is 0.0167 e. The molecule has 1 aliphatic carbocycles. The maximum atomic E-state index is 3.59. The lowest BCUT2D eigenvalue weighted by Gasteiger charge is -2.26. The van der Waals surface area contributed by atoms with E-state index in [1.165, 1.54) is 44.9 Å². The topological polar surface area (TPSA) is 12.0 Å². The second kappa shape index (κ2) is 8.74. The highest BCUT2D eigenvalue weighted by molar-refractivity contribution is 5.11. The Kier molecular flexibility index (Phi) is 7.59. The molecule has 100 valence electrons. The summed E-state index contributed by atoms with van der Waals surface area (Å²) in [6, 6.07) is 0. The minimum Gasteiger partial charge on any atom is -0.313 e. The third-order valence-electron chi connectivity index (χ3n) is 4.03. The fourth-order valence-corrected chi connectivity index (χ4v) is 2.71. The summed E-state index contributed by atoms with van der Waals surface area (Å²) in [6.07, 6.45) is 12.2. The van der Waals surface area contributed by atoms with Gasteiger partial charge in [0.25, 0.3) is 0 Å². The van der Waals surface area contributed by atoms with Crippen molar-refractivity contribution in [3.63, 3.8) is 0 Å². The molecule has 0 aliphatic heterocycles. The molecule has 0 aromatic heterocycles. The molecule has 0 aromatic rings. The van der Waals surface area contributed by atoms with Gasteiger partial charge in [-0.2, -0.15) is 0 Å². The third-order valence-corrected chi connectivity index (χ3v) is 4.03. The lowest BCUT2D eigenvalue weighted by molar-refractivity contribution is 0.392. The summed E-state index contributed by atoms with van der Waals surface area (Å²) in [5, 5.41) is 3.59. The fraction of sp³-hybridized carbons (Fsp3) is 0.875. The van der Waals surface area contributed by atoms with Crippen LogP contribution in [0.15, 0.2) is 11.6 Å². The van der Waals surface area contributed by atoms with Gasteiger partial charge in [0.05, 0.1) is 0 Å². The van der Waals surface area contributed by atoms with Gasteiger partial charge in [0.15, 0.2) is 0 Å². The van der Waals surface area contributed by atoms with E-state index in [2.05, 4.69) is 32.2 Å². The Morgan fingerprint density at radius 3 is 2.53 bits per heavy atom. The SMILES string of the molecule is CCCNCC(=CC(C)CC)C1CCCCC1. The van der Waals surface area contributed by atoms with Crippen molar-refractivity contribution < 1.29 is 0 Å². The maximum absolute atomic E-state index is 3.59. The fourth-order valence-electron chi connectivity index (χ4n) is 2.71. The van der Waals surface area contributed by atoms with Crippen molar-refractivity contribution in [2.45, 2.75) is 65.7 Å². The van der Waals surface area contributed by atoms with Crippen LogP contribution < -0.4 is 5.32 Å². The van der Waals surface area contributed by atoms with Crippen LogP contribution in [0.1, 0.15) is 65.7 Å². The minimum absolute atomic E-state index is 0.746. The quantitative estimate of drug-likeness (QED) is 0.506. The number of hydrogen-bond donors (Lipinski definition) is 1. The van der Waals surface area contributed by atoms with Crippen molar-refractivity contribution in [3.05, 3.63) is 11.6 Å². The van der Waals surface area contributed by atoms with Gasteiger partial charge >= 0.3 is 0 Å². The van der Waals surface area contributed by atoms with E-state index in [4.69, 9.17) is 0 Å². The average molecular weight is 237 g/mol. The molecule has 1 saturated carbocycles. The lowest BCUT2D eigenvalue weighted by Crippen LogP contribution is -2.23. The highest BCUT2D eigenvalue weighted by Crippen LogP contribution is 2.30. The van der Waals surface area contributed by atoms with E-state index in [9.17, 15) is 0 Å². The molecule has 1 N–H and O–H groups in total. The van der Waals surface area contributed by atoms with Crippen LogP contribution in [0, 0.1) is 11.8 Å². The largest absolute Gasteiger partial charge is 0.313 e. The molecule has 0 saturated heterocycles. The lowest BCUT2D eigenvalue weighted by atomic mass is 9.82. The molecule has 1 rings (SSSR count). The van der Waals surface area contributed by atoms with Crippen molar-refractivity contribution in [3.8, 4) is 0 Å². The predicted octanol–water partition coefficient (Wildman–Crippen LogP) is 4.54. The van der Waals surface area contributed by atoms with Crippen molar-refractivity contribution in [1.29, 1.82) is 0 Å². The van der Waals surface area contributed by atoms with Gasteiger partial charge in [-0.25, -0.2) is 0 Å². The van der Waals surface area contributed by atoms with Crippen molar-refractivity contribution in [1.82, 2.24) is 5.32 Å². The molecular formula is C16H31N. The van der Waals surface area contributed by atoms with Crippen LogP contribution in [0.4, 0.5) is 0 Å². The summed E-state index contributed by atoms with van der Waals surface area (Å²) in [7, 11) is 0. The minimum atomic E-state index is 0.746. The third kappa shape index (κ3) is 5.72. The Morgan fingerprint density at radius 1 is 1.24 bits per heavy atom. The van der Waals surface area contributed by atoms with Crippen LogP contribution in [0.25, 0.3) is 0 Å². The zero-order valence-electron chi connectivity index (χ0n) is 12.1. The highest BCUT2D eigenvalue weighted by Gasteiger charge is 2.17. The van der Waals surface area contributed by atoms with Crippen LogP contribution in [0.3, 0.4) is 0 Å². The van der Waals surface area contributed by atoms with Crippen LogP contribution in [0.5, 0.6) is 0 Å². The van der Waals surface area contributed by atoms with Gasteiger partial charge < -0.3 is 5.32 Å². The molecule has 0 bridgehead atoms. The predicted molar refractivity (Wildman–Crippen MR) is 77.3 cm³/mol. The second-order valence-electron chi connectivity index (χ2n) is 5.64. The van der Waals surface area contributed by atoms with E-state index < -0.39 is 0 Å². The molecular weight excluding hydrogens is 206 g/mol. The summed E-state index contributed by atoms with van der Waals surface area (Å²) in [5.74, 6) is 1.62. The first-order valence-corrected chi connectivity index (χ1v) is 7.69. The van der Waals surface area contributed by atoms with Crippen molar-refractivity contribution in [2.24, 2.45) is 11.8 Å². The summed E-state index contributed by atoms with van der Waals surface area (Å²) < 4.78 is 0. The van der Waals surface area contributed by atoms with E-state index >= 15 is 0 Å². The molecule has 0 aromatic carbocycles. The van der Waals surface area contributed by atoms with Gasteiger partial charge in [0.1, 0.15) is 0 Å². The van der Waals surface area contributed by atoms with E-state index in [0.717, 1.165) is 24.9 Å². The molecule has 1 unspecified atom stereocenters. The zero-order chi connectivity index (χ0) is 12.5. The van der Waals surface area contributed by atoms with Gasteiger partial charge in [-0.3, -0.25) is 0 Å². The standard InChI is InChI=1S/C16H31N/c1-4-11-17-13-16(12-14(3)5-2)15-9-7-6-8-10-15/h12,14-15,17H,4-11,13H2,1-3H3. The molecule has 0 radical (unpaired) electrons. The Hall–Kier alpha value is -0.300. The molecule has 0 amide bonds. The summed E-state index contributed by atoms with van der Waals surface area (Å²) in [4.78, 5) is 0. The van der Waals surface area contributed by atoms with Crippen LogP contribution in [0.2, 0.25) is 0 Å². The van der Waals surface area contributed by atoms with E-state index in [0.29, 0.717) is 0 Å². The maximum Gasteiger partial charge on any atom is 0.0167 e. The normalized spacial score (nSPS) is 20.5. The summed E-state index contributed by atoms with van der Waals surface area (Å²) in [6.45, 7) is 9.17.